The Balaban J connectivity index is 2.03. The van der Waals surface area contributed by atoms with Crippen LogP contribution in [0.1, 0.15) is 11.1 Å². The third kappa shape index (κ3) is 2.51. The molecular formula is C13H15N3. The number of rotatable bonds is 3. The van der Waals surface area contributed by atoms with Crippen LogP contribution >= 0.6 is 0 Å². The van der Waals surface area contributed by atoms with Crippen LogP contribution in [0.3, 0.4) is 0 Å². The molecule has 0 bridgehead atoms. The summed E-state index contributed by atoms with van der Waals surface area (Å²) in [6.07, 6.45) is 3.58. The fourth-order valence-corrected chi connectivity index (χ4v) is 1.46. The van der Waals surface area contributed by atoms with Crippen molar-refractivity contribution in [2.45, 2.75) is 13.5 Å². The summed E-state index contributed by atoms with van der Waals surface area (Å²) in [7, 11) is 0. The molecule has 0 spiro atoms. The normalized spacial score (nSPS) is 10.1. The molecule has 0 amide bonds. The SMILES string of the molecule is Cc1ccc(NCc2ccncc2)cc1N. The molecule has 0 saturated heterocycles. The third-order valence-electron chi connectivity index (χ3n) is 2.53. The quantitative estimate of drug-likeness (QED) is 0.770. The van der Waals surface area contributed by atoms with Crippen molar-refractivity contribution < 1.29 is 0 Å². The number of aryl methyl sites for hydroxylation is 1. The molecule has 2 aromatic rings. The minimum absolute atomic E-state index is 0.783. The zero-order valence-corrected chi connectivity index (χ0v) is 9.27. The van der Waals surface area contributed by atoms with Gasteiger partial charge in [0, 0.05) is 30.3 Å². The lowest BCUT2D eigenvalue weighted by molar-refractivity contribution is 1.13. The molecule has 2 rings (SSSR count). The zero-order chi connectivity index (χ0) is 11.4. The molecule has 1 heterocycles. The molecule has 0 unspecified atom stereocenters. The van der Waals surface area contributed by atoms with E-state index in [1.807, 2.05) is 37.3 Å². The number of hydrogen-bond acceptors (Lipinski definition) is 3. The van der Waals surface area contributed by atoms with E-state index >= 15 is 0 Å². The van der Waals surface area contributed by atoms with E-state index in [1.54, 1.807) is 12.4 Å². The second-order valence-corrected chi connectivity index (χ2v) is 3.78. The number of nitrogens with two attached hydrogens (primary N) is 1. The van der Waals surface area contributed by atoms with E-state index in [1.165, 1.54) is 5.56 Å². The second kappa shape index (κ2) is 4.66. The van der Waals surface area contributed by atoms with Gasteiger partial charge in [0.1, 0.15) is 0 Å². The van der Waals surface area contributed by atoms with Gasteiger partial charge in [0.15, 0.2) is 0 Å². The lowest BCUT2D eigenvalue weighted by Crippen LogP contribution is -2.00. The molecule has 0 aliphatic rings. The van der Waals surface area contributed by atoms with Gasteiger partial charge in [-0.2, -0.15) is 0 Å². The van der Waals surface area contributed by atoms with Crippen molar-refractivity contribution in [3.63, 3.8) is 0 Å². The second-order valence-electron chi connectivity index (χ2n) is 3.78. The van der Waals surface area contributed by atoms with Gasteiger partial charge in [-0.3, -0.25) is 4.98 Å². The van der Waals surface area contributed by atoms with Gasteiger partial charge in [0.25, 0.3) is 0 Å². The highest BCUT2D eigenvalue weighted by Crippen LogP contribution is 2.17. The molecule has 0 aliphatic carbocycles. The van der Waals surface area contributed by atoms with E-state index in [2.05, 4.69) is 10.3 Å². The minimum atomic E-state index is 0.783. The predicted octanol–water partition coefficient (Wildman–Crippen LogP) is 2.58. The van der Waals surface area contributed by atoms with Crippen LogP contribution in [0.15, 0.2) is 42.7 Å². The van der Waals surface area contributed by atoms with Crippen LogP contribution in [0.25, 0.3) is 0 Å². The van der Waals surface area contributed by atoms with Gasteiger partial charge in [0.2, 0.25) is 0 Å². The van der Waals surface area contributed by atoms with Gasteiger partial charge in [-0.05, 0) is 42.3 Å². The van der Waals surface area contributed by atoms with Gasteiger partial charge in [-0.1, -0.05) is 6.07 Å². The maximum absolute atomic E-state index is 5.84. The first-order valence-electron chi connectivity index (χ1n) is 5.24. The number of aromatic nitrogens is 1. The number of pyridine rings is 1. The number of benzene rings is 1. The molecule has 0 aliphatic heterocycles. The number of nitrogens with zero attached hydrogens (tertiary/aromatic N) is 1. The Labute approximate surface area is 95.3 Å². The smallest absolute Gasteiger partial charge is 0.0401 e. The Bertz CT molecular complexity index is 466. The number of hydrogen-bond donors (Lipinski definition) is 2. The van der Waals surface area contributed by atoms with E-state index in [4.69, 9.17) is 5.73 Å². The molecule has 0 saturated carbocycles. The number of nitrogens with one attached hydrogen (secondary N) is 1. The van der Waals surface area contributed by atoms with Crippen molar-refractivity contribution in [2.24, 2.45) is 0 Å². The molecule has 82 valence electrons. The Kier molecular flexibility index (Phi) is 3.05. The Morgan fingerprint density at radius 1 is 1.19 bits per heavy atom. The van der Waals surface area contributed by atoms with Crippen LogP contribution in [0, 0.1) is 6.92 Å². The fraction of sp³-hybridized carbons (Fsp3) is 0.154. The first-order chi connectivity index (χ1) is 7.75. The molecule has 0 atom stereocenters. The monoisotopic (exact) mass is 213 g/mol. The summed E-state index contributed by atoms with van der Waals surface area (Å²) in [4.78, 5) is 3.98. The predicted molar refractivity (Wildman–Crippen MR) is 67.2 cm³/mol. The molecule has 0 fully saturated rings. The minimum Gasteiger partial charge on any atom is -0.398 e. The van der Waals surface area contributed by atoms with Crippen molar-refractivity contribution >= 4 is 11.4 Å². The maximum atomic E-state index is 5.84. The summed E-state index contributed by atoms with van der Waals surface area (Å²) < 4.78 is 0. The molecule has 3 heteroatoms. The zero-order valence-electron chi connectivity index (χ0n) is 9.27. The van der Waals surface area contributed by atoms with Crippen molar-refractivity contribution in [2.75, 3.05) is 11.1 Å². The van der Waals surface area contributed by atoms with Crippen LogP contribution in [0.2, 0.25) is 0 Å². The molecule has 1 aromatic heterocycles. The summed E-state index contributed by atoms with van der Waals surface area (Å²) in [5, 5.41) is 3.32. The van der Waals surface area contributed by atoms with Crippen molar-refractivity contribution in [3.8, 4) is 0 Å². The molecule has 0 radical (unpaired) electrons. The van der Waals surface area contributed by atoms with Crippen molar-refractivity contribution in [3.05, 3.63) is 53.9 Å². The number of anilines is 2. The van der Waals surface area contributed by atoms with Gasteiger partial charge in [0.05, 0.1) is 0 Å². The lowest BCUT2D eigenvalue weighted by Gasteiger charge is -2.08. The van der Waals surface area contributed by atoms with Crippen LogP contribution in [0.5, 0.6) is 0 Å². The topological polar surface area (TPSA) is 50.9 Å². The average molecular weight is 213 g/mol. The van der Waals surface area contributed by atoms with E-state index in [-0.39, 0.29) is 0 Å². The first-order valence-corrected chi connectivity index (χ1v) is 5.24. The summed E-state index contributed by atoms with van der Waals surface area (Å²) >= 11 is 0. The Morgan fingerprint density at radius 2 is 1.94 bits per heavy atom. The van der Waals surface area contributed by atoms with E-state index < -0.39 is 0 Å². The van der Waals surface area contributed by atoms with E-state index in [0.717, 1.165) is 23.5 Å². The highest BCUT2D eigenvalue weighted by atomic mass is 14.9. The summed E-state index contributed by atoms with van der Waals surface area (Å²) in [5.74, 6) is 0. The highest BCUT2D eigenvalue weighted by molar-refractivity contribution is 5.58. The maximum Gasteiger partial charge on any atom is 0.0401 e. The largest absolute Gasteiger partial charge is 0.398 e. The Hall–Kier alpha value is -2.03. The van der Waals surface area contributed by atoms with Crippen molar-refractivity contribution in [1.82, 2.24) is 4.98 Å². The summed E-state index contributed by atoms with van der Waals surface area (Å²) in [5.41, 5.74) is 10.0. The van der Waals surface area contributed by atoms with E-state index in [0.29, 0.717) is 0 Å². The summed E-state index contributed by atoms with van der Waals surface area (Å²) in [6, 6.07) is 9.99. The molecule has 3 N–H and O–H groups in total. The first kappa shape index (κ1) is 10.5. The summed E-state index contributed by atoms with van der Waals surface area (Å²) in [6.45, 7) is 2.78. The van der Waals surface area contributed by atoms with Gasteiger partial charge in [-0.25, -0.2) is 0 Å². The van der Waals surface area contributed by atoms with Gasteiger partial charge < -0.3 is 11.1 Å². The third-order valence-corrected chi connectivity index (χ3v) is 2.53. The van der Waals surface area contributed by atoms with E-state index in [9.17, 15) is 0 Å². The van der Waals surface area contributed by atoms with Crippen LogP contribution in [0.4, 0.5) is 11.4 Å². The van der Waals surface area contributed by atoms with Crippen LogP contribution in [-0.4, -0.2) is 4.98 Å². The number of nitrogen functional groups attached to an aromatic ring is 1. The standard InChI is InChI=1S/C13H15N3/c1-10-2-3-12(8-13(10)14)16-9-11-4-6-15-7-5-11/h2-8,16H,9,14H2,1H3. The van der Waals surface area contributed by atoms with Gasteiger partial charge >= 0.3 is 0 Å². The fourth-order valence-electron chi connectivity index (χ4n) is 1.46. The lowest BCUT2D eigenvalue weighted by atomic mass is 10.2. The van der Waals surface area contributed by atoms with Crippen LogP contribution < -0.4 is 11.1 Å². The Morgan fingerprint density at radius 3 is 2.62 bits per heavy atom. The van der Waals surface area contributed by atoms with Crippen LogP contribution in [-0.2, 0) is 6.54 Å². The molecular weight excluding hydrogens is 198 g/mol. The van der Waals surface area contributed by atoms with Gasteiger partial charge in [-0.15, -0.1) is 0 Å². The highest BCUT2D eigenvalue weighted by Gasteiger charge is 1.96. The molecule has 3 nitrogen and oxygen atoms in total. The molecule has 16 heavy (non-hydrogen) atoms. The van der Waals surface area contributed by atoms with Crippen molar-refractivity contribution in [1.29, 1.82) is 0 Å². The average Bonchev–Trinajstić information content (AvgIpc) is 2.32. The molecule has 1 aromatic carbocycles.